The van der Waals surface area contributed by atoms with Crippen molar-refractivity contribution >= 4 is 39.8 Å². The minimum absolute atomic E-state index is 0.501. The largest absolute Gasteiger partial charge is 0.598 e. The standard InChI is InChI=1S/C16H22N4OS2/c1-22-13-5-6-15-14(8-13)16(18-11-17-15)20-7-3-4-12(10-20)9-19-23(2)21/h5-6,8,11-12,19H,3-4,7,9-10H2,1-2H3. The van der Waals surface area contributed by atoms with Crippen molar-refractivity contribution in [2.75, 3.05) is 37.0 Å². The summed E-state index contributed by atoms with van der Waals surface area (Å²) < 4.78 is 14.3. The van der Waals surface area contributed by atoms with E-state index in [1.165, 1.54) is 11.3 Å². The summed E-state index contributed by atoms with van der Waals surface area (Å²) in [6.07, 6.45) is 7.72. The van der Waals surface area contributed by atoms with Gasteiger partial charge in [-0.25, -0.2) is 9.97 Å². The lowest BCUT2D eigenvalue weighted by atomic mass is 9.98. The average molecular weight is 351 g/mol. The van der Waals surface area contributed by atoms with Gasteiger partial charge in [0.2, 0.25) is 0 Å². The lowest BCUT2D eigenvalue weighted by Gasteiger charge is -2.34. The van der Waals surface area contributed by atoms with E-state index in [0.29, 0.717) is 5.92 Å². The molecule has 0 bridgehead atoms. The first kappa shape index (κ1) is 16.8. The number of hydrogen-bond acceptors (Lipinski definition) is 6. The fourth-order valence-corrected chi connectivity index (χ4v) is 3.97. The summed E-state index contributed by atoms with van der Waals surface area (Å²) in [5.74, 6) is 1.52. The van der Waals surface area contributed by atoms with Crippen molar-refractivity contribution in [3.05, 3.63) is 24.5 Å². The van der Waals surface area contributed by atoms with E-state index in [4.69, 9.17) is 0 Å². The van der Waals surface area contributed by atoms with Gasteiger partial charge in [-0.05, 0) is 43.2 Å². The molecule has 1 fully saturated rings. The molecule has 2 atom stereocenters. The van der Waals surface area contributed by atoms with Gasteiger partial charge in [-0.3, -0.25) is 0 Å². The molecule has 124 valence electrons. The van der Waals surface area contributed by atoms with E-state index in [-0.39, 0.29) is 0 Å². The van der Waals surface area contributed by atoms with Crippen LogP contribution in [0.25, 0.3) is 10.9 Å². The number of anilines is 1. The summed E-state index contributed by atoms with van der Waals surface area (Å²) in [7, 11) is 0. The van der Waals surface area contributed by atoms with Crippen molar-refractivity contribution < 1.29 is 4.55 Å². The molecule has 0 amide bonds. The van der Waals surface area contributed by atoms with E-state index in [1.807, 2.05) is 0 Å². The number of rotatable bonds is 5. The third kappa shape index (κ3) is 4.09. The molecule has 0 spiro atoms. The van der Waals surface area contributed by atoms with Gasteiger partial charge in [0.05, 0.1) is 5.52 Å². The van der Waals surface area contributed by atoms with Crippen LogP contribution in [-0.4, -0.2) is 46.7 Å². The van der Waals surface area contributed by atoms with E-state index in [0.717, 1.165) is 42.8 Å². The van der Waals surface area contributed by atoms with E-state index in [1.54, 1.807) is 24.3 Å². The Balaban J connectivity index is 1.84. The van der Waals surface area contributed by atoms with E-state index >= 15 is 0 Å². The van der Waals surface area contributed by atoms with Crippen LogP contribution in [0.1, 0.15) is 12.8 Å². The van der Waals surface area contributed by atoms with Crippen LogP contribution in [0.5, 0.6) is 0 Å². The van der Waals surface area contributed by atoms with Crippen molar-refractivity contribution in [1.29, 1.82) is 0 Å². The Kier molecular flexibility index (Phi) is 5.63. The molecule has 1 N–H and O–H groups in total. The number of fused-ring (bicyclic) bond motifs is 1. The molecule has 0 radical (unpaired) electrons. The summed E-state index contributed by atoms with van der Waals surface area (Å²) >= 11 is 0.786. The third-order valence-electron chi connectivity index (χ3n) is 4.22. The van der Waals surface area contributed by atoms with Gasteiger partial charge in [-0.1, -0.05) is 0 Å². The van der Waals surface area contributed by atoms with Gasteiger partial charge in [-0.15, -0.1) is 16.5 Å². The van der Waals surface area contributed by atoms with Crippen LogP contribution in [0.15, 0.2) is 29.4 Å². The Labute approximate surface area is 144 Å². The molecule has 5 nitrogen and oxygen atoms in total. The van der Waals surface area contributed by atoms with Crippen LogP contribution >= 0.6 is 11.8 Å². The van der Waals surface area contributed by atoms with Gasteiger partial charge in [0, 0.05) is 41.3 Å². The maximum Gasteiger partial charge on any atom is 0.139 e. The maximum absolute atomic E-state index is 11.2. The Hall–Kier alpha value is -1.02. The molecule has 23 heavy (non-hydrogen) atoms. The lowest BCUT2D eigenvalue weighted by molar-refractivity contribution is 0.410. The summed E-state index contributed by atoms with van der Waals surface area (Å²) in [4.78, 5) is 12.5. The second-order valence-corrected chi connectivity index (χ2v) is 7.91. The number of hydrogen-bond donors (Lipinski definition) is 1. The first-order valence-corrected chi connectivity index (χ1v) is 10.6. The van der Waals surface area contributed by atoms with E-state index in [2.05, 4.69) is 44.0 Å². The summed E-state index contributed by atoms with van der Waals surface area (Å²) in [5.41, 5.74) is 0.989. The smallest absolute Gasteiger partial charge is 0.139 e. The molecule has 7 heteroatoms. The van der Waals surface area contributed by atoms with Crippen LogP contribution in [0.3, 0.4) is 0 Å². The Bertz CT molecular complexity index is 668. The van der Waals surface area contributed by atoms with Crippen LogP contribution in [0.2, 0.25) is 0 Å². The van der Waals surface area contributed by atoms with Crippen molar-refractivity contribution in [2.45, 2.75) is 17.7 Å². The molecule has 1 aromatic heterocycles. The third-order valence-corrected chi connectivity index (χ3v) is 5.51. The lowest BCUT2D eigenvalue weighted by Crippen LogP contribution is -2.41. The van der Waals surface area contributed by atoms with Gasteiger partial charge in [0.25, 0.3) is 0 Å². The number of benzene rings is 1. The van der Waals surface area contributed by atoms with E-state index in [9.17, 15) is 4.55 Å². The Morgan fingerprint density at radius 3 is 3.09 bits per heavy atom. The monoisotopic (exact) mass is 350 g/mol. The van der Waals surface area contributed by atoms with Gasteiger partial charge < -0.3 is 9.45 Å². The second kappa shape index (κ2) is 7.70. The first-order chi connectivity index (χ1) is 11.2. The molecule has 2 heterocycles. The number of nitrogens with one attached hydrogen (secondary N) is 1. The molecule has 1 aliphatic heterocycles. The fraction of sp³-hybridized carbons (Fsp3) is 0.500. The molecule has 0 saturated carbocycles. The molecular formula is C16H22N4OS2. The molecular weight excluding hydrogens is 328 g/mol. The zero-order valence-electron chi connectivity index (χ0n) is 13.5. The van der Waals surface area contributed by atoms with Crippen molar-refractivity contribution in [3.63, 3.8) is 0 Å². The topological polar surface area (TPSA) is 64.1 Å². The highest BCUT2D eigenvalue weighted by Crippen LogP contribution is 2.30. The predicted molar refractivity (Wildman–Crippen MR) is 98.3 cm³/mol. The number of thioether (sulfide) groups is 1. The maximum atomic E-state index is 11.2. The van der Waals surface area contributed by atoms with Crippen LogP contribution in [-0.2, 0) is 11.4 Å². The Morgan fingerprint density at radius 1 is 1.43 bits per heavy atom. The number of piperidine rings is 1. The normalized spacial score (nSPS) is 20.0. The minimum atomic E-state index is -0.946. The highest BCUT2D eigenvalue weighted by atomic mass is 32.2. The summed E-state index contributed by atoms with van der Waals surface area (Å²) in [6, 6.07) is 6.34. The minimum Gasteiger partial charge on any atom is -0.598 e. The molecule has 1 saturated heterocycles. The molecule has 2 aromatic rings. The van der Waals surface area contributed by atoms with Crippen LogP contribution in [0.4, 0.5) is 5.82 Å². The van der Waals surface area contributed by atoms with Gasteiger partial charge in [-0.2, -0.15) is 0 Å². The molecule has 1 aromatic carbocycles. The number of nitrogens with zero attached hydrogens (tertiary/aromatic N) is 3. The van der Waals surface area contributed by atoms with Crippen molar-refractivity contribution in [3.8, 4) is 0 Å². The SMILES string of the molecule is CSc1ccc2ncnc(N3CCCC(CN[S+](C)[O-])C3)c2c1. The highest BCUT2D eigenvalue weighted by molar-refractivity contribution is 7.98. The highest BCUT2D eigenvalue weighted by Gasteiger charge is 2.23. The van der Waals surface area contributed by atoms with E-state index < -0.39 is 11.4 Å². The van der Waals surface area contributed by atoms with Crippen molar-refractivity contribution in [2.24, 2.45) is 5.92 Å². The second-order valence-electron chi connectivity index (χ2n) is 5.84. The van der Waals surface area contributed by atoms with Crippen LogP contribution in [0, 0.1) is 5.92 Å². The summed E-state index contributed by atoms with van der Waals surface area (Å²) in [5, 5.41) is 1.12. The number of aromatic nitrogens is 2. The molecule has 0 aliphatic carbocycles. The van der Waals surface area contributed by atoms with Gasteiger partial charge >= 0.3 is 0 Å². The summed E-state index contributed by atoms with van der Waals surface area (Å²) in [6.45, 7) is 2.75. The quantitative estimate of drug-likeness (QED) is 0.660. The molecule has 2 unspecified atom stereocenters. The molecule has 3 rings (SSSR count). The zero-order chi connectivity index (χ0) is 16.2. The fourth-order valence-electron chi connectivity index (χ4n) is 3.06. The predicted octanol–water partition coefficient (Wildman–Crippen LogP) is 2.45. The van der Waals surface area contributed by atoms with Gasteiger partial charge in [0.1, 0.15) is 18.4 Å². The van der Waals surface area contributed by atoms with Crippen LogP contribution < -0.4 is 9.62 Å². The zero-order valence-corrected chi connectivity index (χ0v) is 15.1. The average Bonchev–Trinajstić information content (AvgIpc) is 2.59. The first-order valence-electron chi connectivity index (χ1n) is 7.78. The Morgan fingerprint density at radius 2 is 2.30 bits per heavy atom. The van der Waals surface area contributed by atoms with Crippen molar-refractivity contribution in [1.82, 2.24) is 14.7 Å². The molecule has 1 aliphatic rings. The van der Waals surface area contributed by atoms with Gasteiger partial charge in [0.15, 0.2) is 0 Å².